The molecular weight excluding hydrogens is 226 g/mol. The average Bonchev–Trinajstić information content (AvgIpc) is 2.16. The third-order valence-corrected chi connectivity index (χ3v) is 2.55. The zero-order valence-corrected chi connectivity index (χ0v) is 10.2. The van der Waals surface area contributed by atoms with Crippen LogP contribution in [0.4, 0.5) is 5.69 Å². The van der Waals surface area contributed by atoms with E-state index in [2.05, 4.69) is 0 Å². The first-order valence-electron chi connectivity index (χ1n) is 4.77. The lowest BCUT2D eigenvalue weighted by molar-refractivity contribution is -0.384. The number of hydrogen-bond donors (Lipinski definition) is 0. The van der Waals surface area contributed by atoms with Gasteiger partial charge in [-0.25, -0.2) is 0 Å². The highest BCUT2D eigenvalue weighted by atomic mass is 32.1. The van der Waals surface area contributed by atoms with Crippen molar-refractivity contribution in [2.75, 3.05) is 0 Å². The molecule has 0 spiro atoms. The fraction of sp³-hybridized carbons (Fsp3) is 0.364. The highest BCUT2D eigenvalue weighted by molar-refractivity contribution is 7.80. The third-order valence-electron chi connectivity index (χ3n) is 1.85. The maximum absolute atomic E-state index is 10.6. The van der Waals surface area contributed by atoms with Gasteiger partial charge in [0.25, 0.3) is 5.69 Å². The van der Waals surface area contributed by atoms with Crippen molar-refractivity contribution in [1.29, 1.82) is 0 Å². The van der Waals surface area contributed by atoms with Gasteiger partial charge < -0.3 is 4.74 Å². The second kappa shape index (κ2) is 4.57. The van der Waals surface area contributed by atoms with E-state index in [1.807, 2.05) is 20.8 Å². The lowest BCUT2D eigenvalue weighted by atomic mass is 9.98. The maximum atomic E-state index is 10.6. The summed E-state index contributed by atoms with van der Waals surface area (Å²) in [6.07, 6.45) is 0. The molecule has 0 unspecified atom stereocenters. The van der Waals surface area contributed by atoms with Gasteiger partial charge in [-0.05, 0) is 18.3 Å². The first-order chi connectivity index (χ1) is 7.30. The molecule has 16 heavy (non-hydrogen) atoms. The standard InChI is InChI=1S/C11H13NO3S/c1-11(2,3)10(16)15-9-6-4-5-8(7-9)12(13)14/h4-7H,1-3H3. The molecule has 4 nitrogen and oxygen atoms in total. The van der Waals surface area contributed by atoms with Crippen LogP contribution in [0.2, 0.25) is 0 Å². The summed E-state index contributed by atoms with van der Waals surface area (Å²) in [7, 11) is 0. The van der Waals surface area contributed by atoms with Crippen LogP contribution in [0, 0.1) is 15.5 Å². The number of benzene rings is 1. The first kappa shape index (κ1) is 12.6. The van der Waals surface area contributed by atoms with Crippen LogP contribution in [0.5, 0.6) is 5.75 Å². The van der Waals surface area contributed by atoms with Crippen molar-refractivity contribution < 1.29 is 9.66 Å². The number of hydrogen-bond acceptors (Lipinski definition) is 4. The summed E-state index contributed by atoms with van der Waals surface area (Å²) in [6.45, 7) is 5.77. The second-order valence-corrected chi connectivity index (χ2v) is 4.76. The average molecular weight is 239 g/mol. The molecule has 1 rings (SSSR count). The predicted molar refractivity (Wildman–Crippen MR) is 65.8 cm³/mol. The molecule has 0 heterocycles. The number of nitro benzene ring substituents is 1. The third kappa shape index (κ3) is 3.27. The molecule has 0 fully saturated rings. The summed E-state index contributed by atoms with van der Waals surface area (Å²) in [5.74, 6) is 0.397. The number of ether oxygens (including phenoxy) is 1. The Balaban J connectivity index is 2.87. The molecule has 0 aliphatic rings. The minimum atomic E-state index is -0.465. The van der Waals surface area contributed by atoms with E-state index in [9.17, 15) is 10.1 Å². The zero-order chi connectivity index (χ0) is 12.3. The summed E-state index contributed by atoms with van der Waals surface area (Å²) in [4.78, 5) is 10.1. The molecule has 0 aliphatic carbocycles. The van der Waals surface area contributed by atoms with Gasteiger partial charge in [0.05, 0.1) is 11.0 Å². The van der Waals surface area contributed by atoms with Crippen LogP contribution in [0.3, 0.4) is 0 Å². The zero-order valence-electron chi connectivity index (χ0n) is 9.39. The largest absolute Gasteiger partial charge is 0.449 e. The molecule has 1 aromatic rings. The normalized spacial score (nSPS) is 10.9. The molecule has 5 heteroatoms. The Labute approximate surface area is 99.4 Å². The second-order valence-electron chi connectivity index (χ2n) is 4.39. The molecular formula is C11H13NO3S. The van der Waals surface area contributed by atoms with Crippen molar-refractivity contribution in [3.63, 3.8) is 0 Å². The van der Waals surface area contributed by atoms with Crippen LogP contribution in [-0.2, 0) is 0 Å². The van der Waals surface area contributed by atoms with Crippen molar-refractivity contribution in [1.82, 2.24) is 0 Å². The number of rotatable bonds is 2. The van der Waals surface area contributed by atoms with Gasteiger partial charge >= 0.3 is 0 Å². The van der Waals surface area contributed by atoms with Gasteiger partial charge in [-0.15, -0.1) is 0 Å². The quantitative estimate of drug-likeness (QED) is 0.451. The number of nitro groups is 1. The van der Waals surface area contributed by atoms with Gasteiger partial charge in [-0.3, -0.25) is 10.1 Å². The van der Waals surface area contributed by atoms with Crippen LogP contribution in [0.25, 0.3) is 0 Å². The van der Waals surface area contributed by atoms with E-state index in [0.29, 0.717) is 10.8 Å². The van der Waals surface area contributed by atoms with E-state index in [-0.39, 0.29) is 11.1 Å². The fourth-order valence-electron chi connectivity index (χ4n) is 0.921. The highest BCUT2D eigenvalue weighted by Gasteiger charge is 2.19. The number of non-ortho nitro benzene ring substituents is 1. The van der Waals surface area contributed by atoms with Gasteiger partial charge in [0.15, 0.2) is 5.05 Å². The molecule has 0 amide bonds. The molecule has 1 aromatic carbocycles. The van der Waals surface area contributed by atoms with Gasteiger partial charge in [0.1, 0.15) is 5.75 Å². The van der Waals surface area contributed by atoms with Gasteiger partial charge in [0.2, 0.25) is 0 Å². The van der Waals surface area contributed by atoms with Crippen molar-refractivity contribution in [2.24, 2.45) is 5.41 Å². The highest BCUT2D eigenvalue weighted by Crippen LogP contribution is 2.23. The summed E-state index contributed by atoms with van der Waals surface area (Å²) in [5.41, 5.74) is -0.269. The monoisotopic (exact) mass is 239 g/mol. The van der Waals surface area contributed by atoms with E-state index < -0.39 is 4.92 Å². The Kier molecular flexibility index (Phi) is 3.59. The summed E-state index contributed by atoms with van der Waals surface area (Å²) >= 11 is 5.09. The lowest BCUT2D eigenvalue weighted by Crippen LogP contribution is -2.23. The van der Waals surface area contributed by atoms with Crippen LogP contribution < -0.4 is 4.74 Å². The van der Waals surface area contributed by atoms with E-state index in [0.717, 1.165) is 0 Å². The van der Waals surface area contributed by atoms with E-state index in [1.165, 1.54) is 12.1 Å². The Hall–Kier alpha value is -1.49. The van der Waals surface area contributed by atoms with Crippen LogP contribution >= 0.6 is 12.2 Å². The van der Waals surface area contributed by atoms with Gasteiger partial charge in [-0.2, -0.15) is 0 Å². The Morgan fingerprint density at radius 3 is 2.56 bits per heavy atom. The molecule has 86 valence electrons. The molecule has 0 aromatic heterocycles. The van der Waals surface area contributed by atoms with Crippen molar-refractivity contribution in [2.45, 2.75) is 20.8 Å². The molecule has 0 saturated carbocycles. The van der Waals surface area contributed by atoms with Crippen molar-refractivity contribution in [3.8, 4) is 5.75 Å². The minimum Gasteiger partial charge on any atom is -0.449 e. The predicted octanol–water partition coefficient (Wildman–Crippen LogP) is 3.35. The van der Waals surface area contributed by atoms with Crippen molar-refractivity contribution in [3.05, 3.63) is 34.4 Å². The van der Waals surface area contributed by atoms with Gasteiger partial charge in [0, 0.05) is 11.5 Å². The summed E-state index contributed by atoms with van der Waals surface area (Å²) in [6, 6.07) is 5.98. The Morgan fingerprint density at radius 2 is 2.06 bits per heavy atom. The topological polar surface area (TPSA) is 52.4 Å². The number of nitrogens with zero attached hydrogens (tertiary/aromatic N) is 1. The molecule has 0 bridgehead atoms. The van der Waals surface area contributed by atoms with Gasteiger partial charge in [-0.1, -0.05) is 26.8 Å². The van der Waals surface area contributed by atoms with Crippen LogP contribution in [-0.4, -0.2) is 9.97 Å². The smallest absolute Gasteiger partial charge is 0.273 e. The molecule has 0 radical (unpaired) electrons. The first-order valence-corrected chi connectivity index (χ1v) is 5.18. The lowest BCUT2D eigenvalue weighted by Gasteiger charge is -2.19. The summed E-state index contributed by atoms with van der Waals surface area (Å²) < 4.78 is 5.40. The van der Waals surface area contributed by atoms with E-state index in [4.69, 9.17) is 17.0 Å². The SMILES string of the molecule is CC(C)(C)C(=S)Oc1cccc([N+](=O)[O-])c1. The van der Waals surface area contributed by atoms with Crippen LogP contribution in [0.1, 0.15) is 20.8 Å². The van der Waals surface area contributed by atoms with Crippen LogP contribution in [0.15, 0.2) is 24.3 Å². The molecule has 0 N–H and O–H groups in total. The Bertz CT molecular complexity index is 423. The minimum absolute atomic E-state index is 0.00536. The Morgan fingerprint density at radius 1 is 1.44 bits per heavy atom. The molecule has 0 saturated heterocycles. The maximum Gasteiger partial charge on any atom is 0.273 e. The molecule has 0 atom stereocenters. The number of thiocarbonyl (C=S) groups is 1. The van der Waals surface area contributed by atoms with Crippen molar-refractivity contribution >= 4 is 23.0 Å². The summed E-state index contributed by atoms with van der Waals surface area (Å²) in [5, 5.41) is 11.0. The molecule has 0 aliphatic heterocycles. The fourth-order valence-corrected chi connectivity index (χ4v) is 1.02. The van der Waals surface area contributed by atoms with E-state index in [1.54, 1.807) is 12.1 Å². The van der Waals surface area contributed by atoms with E-state index >= 15 is 0 Å².